The van der Waals surface area contributed by atoms with Gasteiger partial charge in [-0.2, -0.15) is 0 Å². The molecular weight excluding hydrogens is 482 g/mol. The second kappa shape index (κ2) is 11.2. The van der Waals surface area contributed by atoms with Gasteiger partial charge >= 0.3 is 0 Å². The van der Waals surface area contributed by atoms with E-state index in [1.54, 1.807) is 0 Å². The number of hydrogen-bond acceptors (Lipinski definition) is 4. The molecule has 5 aromatic rings. The summed E-state index contributed by atoms with van der Waals surface area (Å²) in [7, 11) is 0. The summed E-state index contributed by atoms with van der Waals surface area (Å²) in [6.45, 7) is 6.03. The van der Waals surface area contributed by atoms with Gasteiger partial charge in [0, 0.05) is 60.1 Å². The third kappa shape index (κ3) is 5.29. The molecular formula is C31H32ClN3O2. The fourth-order valence-corrected chi connectivity index (χ4v) is 5.33. The number of furan rings is 1. The van der Waals surface area contributed by atoms with Crippen LogP contribution in [-0.2, 0) is 0 Å². The molecule has 2 heterocycles. The molecule has 0 radical (unpaired) electrons. The first-order valence-corrected chi connectivity index (χ1v) is 12.9. The van der Waals surface area contributed by atoms with Crippen molar-refractivity contribution in [2.24, 2.45) is 0 Å². The van der Waals surface area contributed by atoms with E-state index in [1.807, 2.05) is 42.5 Å². The molecule has 0 atom stereocenters. The molecule has 1 amide bonds. The maximum Gasteiger partial charge on any atom is 0.251 e. The molecule has 6 rings (SSSR count). The lowest BCUT2D eigenvalue weighted by Gasteiger charge is -2.36. The summed E-state index contributed by atoms with van der Waals surface area (Å²) in [5, 5.41) is 7.76. The van der Waals surface area contributed by atoms with Crippen LogP contribution in [0.4, 0.5) is 5.69 Å². The minimum absolute atomic E-state index is 0. The summed E-state index contributed by atoms with van der Waals surface area (Å²) in [6.07, 6.45) is 2.06. The quantitative estimate of drug-likeness (QED) is 0.253. The van der Waals surface area contributed by atoms with E-state index in [1.165, 1.54) is 16.5 Å². The predicted molar refractivity (Wildman–Crippen MR) is 155 cm³/mol. The molecule has 1 aliphatic heterocycles. The van der Waals surface area contributed by atoms with Crippen molar-refractivity contribution < 1.29 is 9.21 Å². The monoisotopic (exact) mass is 513 g/mol. The Bertz CT molecular complexity index is 1520. The van der Waals surface area contributed by atoms with Gasteiger partial charge in [0.05, 0.1) is 0 Å². The van der Waals surface area contributed by atoms with Gasteiger partial charge in [-0.3, -0.25) is 9.69 Å². The van der Waals surface area contributed by atoms with Crippen LogP contribution in [-0.4, -0.2) is 50.1 Å². The average Bonchev–Trinajstić information content (AvgIpc) is 3.31. The molecule has 190 valence electrons. The lowest BCUT2D eigenvalue weighted by molar-refractivity contribution is 0.0952. The topological polar surface area (TPSA) is 48.7 Å². The Labute approximate surface area is 223 Å². The molecule has 1 fully saturated rings. The Morgan fingerprint density at radius 2 is 1.49 bits per heavy atom. The number of nitrogens with one attached hydrogen (secondary N) is 1. The second-order valence-corrected chi connectivity index (χ2v) is 9.60. The van der Waals surface area contributed by atoms with E-state index in [4.69, 9.17) is 4.42 Å². The van der Waals surface area contributed by atoms with Crippen molar-refractivity contribution >= 4 is 56.7 Å². The molecule has 0 aliphatic carbocycles. The molecule has 37 heavy (non-hydrogen) atoms. The number of fused-ring (bicyclic) bond motifs is 4. The van der Waals surface area contributed by atoms with Crippen LogP contribution in [0.15, 0.2) is 89.3 Å². The summed E-state index contributed by atoms with van der Waals surface area (Å²) in [5.41, 5.74) is 3.69. The van der Waals surface area contributed by atoms with Crippen LogP contribution in [0.5, 0.6) is 0 Å². The molecule has 1 saturated heterocycles. The highest BCUT2D eigenvalue weighted by Crippen LogP contribution is 2.29. The van der Waals surface area contributed by atoms with Gasteiger partial charge in [0.2, 0.25) is 0 Å². The molecule has 1 aromatic heterocycles. The second-order valence-electron chi connectivity index (χ2n) is 9.60. The molecule has 1 N–H and O–H groups in total. The van der Waals surface area contributed by atoms with Gasteiger partial charge in [-0.15, -0.1) is 12.4 Å². The SMILES string of the molecule is Cl.O=C(NCCCCN1CCN(c2cccc3ccccc23)CC1)c1ccc2oc3ccccc3c2c1. The Balaban J connectivity index is 0.00000280. The number of carbonyl (C=O) groups is 1. The number of rotatable bonds is 7. The van der Waals surface area contributed by atoms with Crippen molar-refractivity contribution in [3.05, 3.63) is 90.5 Å². The van der Waals surface area contributed by atoms with E-state index in [2.05, 4.69) is 57.6 Å². The van der Waals surface area contributed by atoms with Gasteiger partial charge in [-0.25, -0.2) is 0 Å². The van der Waals surface area contributed by atoms with Gasteiger partial charge < -0.3 is 14.6 Å². The molecule has 4 aromatic carbocycles. The van der Waals surface area contributed by atoms with Crippen molar-refractivity contribution in [3.8, 4) is 0 Å². The third-order valence-electron chi connectivity index (χ3n) is 7.31. The zero-order chi connectivity index (χ0) is 24.3. The first kappa shape index (κ1) is 25.1. The van der Waals surface area contributed by atoms with Gasteiger partial charge in [-0.05, 0) is 55.1 Å². The van der Waals surface area contributed by atoms with E-state index < -0.39 is 0 Å². The maximum absolute atomic E-state index is 12.7. The standard InChI is InChI=1S/C31H31N3O2.ClH/c35-31(24-14-15-30-27(22-24)26-11-3-4-13-29(26)36-30)32-16-5-6-17-33-18-20-34(21-19-33)28-12-7-9-23-8-1-2-10-25(23)28;/h1-4,7-15,22H,5-6,16-21H2,(H,32,35);1H. The van der Waals surface area contributed by atoms with Crippen LogP contribution < -0.4 is 10.2 Å². The fourth-order valence-electron chi connectivity index (χ4n) is 5.33. The zero-order valence-electron chi connectivity index (χ0n) is 20.9. The molecule has 0 spiro atoms. The highest BCUT2D eigenvalue weighted by atomic mass is 35.5. The number of hydrogen-bond donors (Lipinski definition) is 1. The summed E-state index contributed by atoms with van der Waals surface area (Å²) < 4.78 is 5.87. The maximum atomic E-state index is 12.7. The van der Waals surface area contributed by atoms with E-state index in [9.17, 15) is 4.79 Å². The van der Waals surface area contributed by atoms with Gasteiger partial charge in [0.1, 0.15) is 11.2 Å². The van der Waals surface area contributed by atoms with E-state index in [0.717, 1.165) is 67.5 Å². The van der Waals surface area contributed by atoms with Crippen molar-refractivity contribution in [3.63, 3.8) is 0 Å². The highest BCUT2D eigenvalue weighted by molar-refractivity contribution is 6.08. The van der Waals surface area contributed by atoms with Crippen molar-refractivity contribution in [2.45, 2.75) is 12.8 Å². The Morgan fingerprint density at radius 3 is 2.35 bits per heavy atom. The predicted octanol–water partition coefficient (Wildman–Crippen LogP) is 6.49. The van der Waals surface area contributed by atoms with Crippen molar-refractivity contribution in [1.82, 2.24) is 10.2 Å². The van der Waals surface area contributed by atoms with Gasteiger partial charge in [0.25, 0.3) is 5.91 Å². The van der Waals surface area contributed by atoms with Crippen LogP contribution in [0, 0.1) is 0 Å². The zero-order valence-corrected chi connectivity index (χ0v) is 21.7. The number of halogens is 1. The Kier molecular flexibility index (Phi) is 7.63. The summed E-state index contributed by atoms with van der Waals surface area (Å²) in [4.78, 5) is 17.8. The summed E-state index contributed by atoms with van der Waals surface area (Å²) >= 11 is 0. The molecule has 1 aliphatic rings. The van der Waals surface area contributed by atoms with E-state index >= 15 is 0 Å². The minimum atomic E-state index is -0.0223. The molecule has 0 unspecified atom stereocenters. The first-order valence-electron chi connectivity index (χ1n) is 12.9. The van der Waals surface area contributed by atoms with E-state index in [-0.39, 0.29) is 18.3 Å². The third-order valence-corrected chi connectivity index (χ3v) is 7.31. The van der Waals surface area contributed by atoms with E-state index in [0.29, 0.717) is 12.1 Å². The molecule has 6 heteroatoms. The van der Waals surface area contributed by atoms with Crippen LogP contribution in [0.1, 0.15) is 23.2 Å². The van der Waals surface area contributed by atoms with Crippen LogP contribution in [0.3, 0.4) is 0 Å². The number of amides is 1. The number of carbonyl (C=O) groups excluding carboxylic acids is 1. The largest absolute Gasteiger partial charge is 0.456 e. The number of anilines is 1. The van der Waals surface area contributed by atoms with Crippen LogP contribution in [0.25, 0.3) is 32.7 Å². The van der Waals surface area contributed by atoms with Gasteiger partial charge in [0.15, 0.2) is 0 Å². The number of unbranched alkanes of at least 4 members (excludes halogenated alkanes) is 1. The number of piperazine rings is 1. The minimum Gasteiger partial charge on any atom is -0.456 e. The van der Waals surface area contributed by atoms with Crippen LogP contribution >= 0.6 is 12.4 Å². The van der Waals surface area contributed by atoms with Gasteiger partial charge in [-0.1, -0.05) is 54.6 Å². The van der Waals surface area contributed by atoms with Crippen molar-refractivity contribution in [1.29, 1.82) is 0 Å². The Hall–Kier alpha value is -3.54. The summed E-state index contributed by atoms with van der Waals surface area (Å²) in [6, 6.07) is 28.8. The first-order chi connectivity index (χ1) is 17.8. The fraction of sp³-hybridized carbons (Fsp3) is 0.258. The lowest BCUT2D eigenvalue weighted by atomic mass is 10.1. The normalized spacial score (nSPS) is 14.2. The molecule has 5 nitrogen and oxygen atoms in total. The highest BCUT2D eigenvalue weighted by Gasteiger charge is 2.18. The number of benzene rings is 4. The lowest BCUT2D eigenvalue weighted by Crippen LogP contribution is -2.46. The number of nitrogens with zero attached hydrogens (tertiary/aromatic N) is 2. The summed E-state index contributed by atoms with van der Waals surface area (Å²) in [5.74, 6) is -0.0223. The Morgan fingerprint density at radius 1 is 0.757 bits per heavy atom. The smallest absolute Gasteiger partial charge is 0.251 e. The van der Waals surface area contributed by atoms with Crippen molar-refractivity contribution in [2.75, 3.05) is 44.2 Å². The molecule has 0 saturated carbocycles. The average molecular weight is 514 g/mol. The van der Waals surface area contributed by atoms with Crippen LogP contribution in [0.2, 0.25) is 0 Å². The molecule has 0 bridgehead atoms. The number of para-hydroxylation sites is 1.